The Morgan fingerprint density at radius 1 is 1.19 bits per heavy atom. The molecular formula is C17H22N2S2. The average molecular weight is 319 g/mol. The molecular weight excluding hydrogens is 296 g/mol. The van der Waals surface area contributed by atoms with Crippen LogP contribution in [0.1, 0.15) is 25.5 Å². The Balaban J connectivity index is 1.95. The maximum absolute atomic E-state index is 4.62. The minimum Gasteiger partial charge on any atom is -0.312 e. The molecule has 0 saturated carbocycles. The largest absolute Gasteiger partial charge is 0.312 e. The summed E-state index contributed by atoms with van der Waals surface area (Å²) in [4.78, 5) is 4.62. The van der Waals surface area contributed by atoms with Crippen molar-refractivity contribution in [3.8, 4) is 0 Å². The lowest BCUT2D eigenvalue weighted by molar-refractivity contribution is 0.591. The molecule has 1 saturated heterocycles. The van der Waals surface area contributed by atoms with Crippen LogP contribution in [0.2, 0.25) is 0 Å². The number of pyridine rings is 1. The lowest BCUT2D eigenvalue weighted by Gasteiger charge is -2.36. The Morgan fingerprint density at radius 3 is 2.76 bits per heavy atom. The summed E-state index contributed by atoms with van der Waals surface area (Å²) < 4.78 is 0. The van der Waals surface area contributed by atoms with Crippen LogP contribution in [0.3, 0.4) is 0 Å². The maximum atomic E-state index is 4.62. The molecule has 21 heavy (non-hydrogen) atoms. The van der Waals surface area contributed by atoms with Gasteiger partial charge in [0.05, 0.1) is 5.52 Å². The van der Waals surface area contributed by atoms with Gasteiger partial charge in [-0.1, -0.05) is 38.1 Å². The van der Waals surface area contributed by atoms with Gasteiger partial charge >= 0.3 is 0 Å². The van der Waals surface area contributed by atoms with Crippen LogP contribution in [0.4, 0.5) is 0 Å². The van der Waals surface area contributed by atoms with Crippen molar-refractivity contribution in [2.24, 2.45) is 0 Å². The molecule has 2 aromatic rings. The first kappa shape index (κ1) is 15.2. The Kier molecular flexibility index (Phi) is 4.77. The lowest BCUT2D eigenvalue weighted by atomic mass is 10.0. The van der Waals surface area contributed by atoms with Crippen LogP contribution in [0.25, 0.3) is 10.9 Å². The summed E-state index contributed by atoms with van der Waals surface area (Å²) >= 11 is 4.22. The van der Waals surface area contributed by atoms with Crippen LogP contribution in [-0.4, -0.2) is 33.5 Å². The number of nitrogens with one attached hydrogen (secondary N) is 1. The first-order chi connectivity index (χ1) is 10.2. The third-order valence-corrected chi connectivity index (χ3v) is 7.75. The fourth-order valence-electron chi connectivity index (χ4n) is 2.90. The van der Waals surface area contributed by atoms with Gasteiger partial charge in [-0.3, -0.25) is 4.98 Å². The minimum atomic E-state index is 0.357. The van der Waals surface area contributed by atoms with Gasteiger partial charge in [0, 0.05) is 39.1 Å². The molecule has 2 nitrogen and oxygen atoms in total. The van der Waals surface area contributed by atoms with Gasteiger partial charge in [0.15, 0.2) is 0 Å². The van der Waals surface area contributed by atoms with E-state index in [-0.39, 0.29) is 0 Å². The van der Waals surface area contributed by atoms with Gasteiger partial charge in [0.1, 0.15) is 0 Å². The van der Waals surface area contributed by atoms with Gasteiger partial charge in [-0.2, -0.15) is 23.5 Å². The van der Waals surface area contributed by atoms with Crippen molar-refractivity contribution in [2.45, 2.75) is 35.6 Å². The quantitative estimate of drug-likeness (QED) is 0.920. The van der Waals surface area contributed by atoms with Crippen LogP contribution >= 0.6 is 23.5 Å². The number of aromatic nitrogens is 1. The second-order valence-corrected chi connectivity index (χ2v) is 8.64. The number of fused-ring (bicyclic) bond motifs is 1. The Hall–Kier alpha value is -0.710. The van der Waals surface area contributed by atoms with Crippen molar-refractivity contribution < 1.29 is 0 Å². The molecule has 2 heterocycles. The molecule has 0 spiro atoms. The van der Waals surface area contributed by atoms with Crippen LogP contribution < -0.4 is 5.32 Å². The van der Waals surface area contributed by atoms with E-state index >= 15 is 0 Å². The highest BCUT2D eigenvalue weighted by molar-refractivity contribution is 8.07. The first-order valence-corrected chi connectivity index (χ1v) is 9.48. The molecule has 0 amide bonds. The molecule has 1 fully saturated rings. The number of thioether (sulfide) groups is 2. The van der Waals surface area contributed by atoms with Gasteiger partial charge in [-0.15, -0.1) is 0 Å². The summed E-state index contributed by atoms with van der Waals surface area (Å²) in [5.41, 5.74) is 2.46. The zero-order valence-electron chi connectivity index (χ0n) is 12.7. The third kappa shape index (κ3) is 3.08. The maximum Gasteiger partial charge on any atom is 0.0750 e. The Labute approximate surface area is 135 Å². The molecule has 0 bridgehead atoms. The Bertz CT molecular complexity index is 611. The number of benzene rings is 1. The summed E-state index contributed by atoms with van der Waals surface area (Å²) in [5.74, 6) is 1.20. The van der Waals surface area contributed by atoms with Crippen LogP contribution in [0.15, 0.2) is 36.5 Å². The van der Waals surface area contributed by atoms with Crippen molar-refractivity contribution in [3.63, 3.8) is 0 Å². The summed E-state index contributed by atoms with van der Waals surface area (Å²) in [5, 5.41) is 6.81. The van der Waals surface area contributed by atoms with Crippen LogP contribution in [0.5, 0.6) is 0 Å². The van der Waals surface area contributed by atoms with E-state index in [1.807, 2.05) is 12.3 Å². The summed E-state index contributed by atoms with van der Waals surface area (Å²) in [6.45, 7) is 4.69. The van der Waals surface area contributed by atoms with E-state index in [0.717, 1.165) is 10.8 Å². The van der Waals surface area contributed by atoms with Crippen molar-refractivity contribution in [1.82, 2.24) is 10.3 Å². The second-order valence-electron chi connectivity index (χ2n) is 5.61. The molecule has 1 aliphatic rings. The molecule has 1 aromatic heterocycles. The standard InChI is InChI=1S/C17H22N2S2/c1-11-12(2)21-15(10-20-11)17(18-3)14-8-4-6-13-7-5-9-19-16(13)14/h4-9,11-12,15,17-18H,10H2,1-3H3. The van der Waals surface area contributed by atoms with E-state index in [2.05, 4.69) is 79.0 Å². The third-order valence-electron chi connectivity index (χ3n) is 4.26. The highest BCUT2D eigenvalue weighted by atomic mass is 32.2. The van der Waals surface area contributed by atoms with E-state index < -0.39 is 0 Å². The summed E-state index contributed by atoms with van der Waals surface area (Å²) in [6, 6.07) is 11.0. The fraction of sp³-hybridized carbons (Fsp3) is 0.471. The Morgan fingerprint density at radius 2 is 2.00 bits per heavy atom. The molecule has 0 radical (unpaired) electrons. The molecule has 112 valence electrons. The molecule has 1 N–H and O–H groups in total. The smallest absolute Gasteiger partial charge is 0.0750 e. The van der Waals surface area contributed by atoms with Crippen LogP contribution in [0, 0.1) is 0 Å². The van der Waals surface area contributed by atoms with E-state index in [0.29, 0.717) is 16.5 Å². The zero-order chi connectivity index (χ0) is 14.8. The predicted octanol–water partition coefficient (Wildman–Crippen LogP) is 4.12. The molecule has 1 aromatic carbocycles. The van der Waals surface area contributed by atoms with Gasteiger partial charge in [-0.05, 0) is 18.7 Å². The summed E-state index contributed by atoms with van der Waals surface area (Å²) in [7, 11) is 2.07. The second kappa shape index (κ2) is 6.59. The number of hydrogen-bond acceptors (Lipinski definition) is 4. The van der Waals surface area contributed by atoms with Crippen molar-refractivity contribution in [3.05, 3.63) is 42.1 Å². The minimum absolute atomic E-state index is 0.357. The van der Waals surface area contributed by atoms with E-state index in [9.17, 15) is 0 Å². The molecule has 4 heteroatoms. The molecule has 4 atom stereocenters. The molecule has 4 unspecified atom stereocenters. The molecule has 0 aliphatic carbocycles. The first-order valence-electron chi connectivity index (χ1n) is 7.48. The average Bonchev–Trinajstić information content (AvgIpc) is 2.52. The zero-order valence-corrected chi connectivity index (χ0v) is 14.4. The number of para-hydroxylation sites is 1. The van der Waals surface area contributed by atoms with Crippen molar-refractivity contribution in [1.29, 1.82) is 0 Å². The van der Waals surface area contributed by atoms with E-state index in [4.69, 9.17) is 0 Å². The molecule has 3 rings (SSSR count). The van der Waals surface area contributed by atoms with Crippen LogP contribution in [-0.2, 0) is 0 Å². The SMILES string of the molecule is CNC(c1cccc2cccnc12)C1CSC(C)C(C)S1. The highest BCUT2D eigenvalue weighted by Gasteiger charge is 2.32. The topological polar surface area (TPSA) is 24.9 Å². The van der Waals surface area contributed by atoms with Crippen molar-refractivity contribution in [2.75, 3.05) is 12.8 Å². The van der Waals surface area contributed by atoms with Gasteiger partial charge in [0.2, 0.25) is 0 Å². The van der Waals surface area contributed by atoms with Gasteiger partial charge in [0.25, 0.3) is 0 Å². The van der Waals surface area contributed by atoms with Gasteiger partial charge in [-0.25, -0.2) is 0 Å². The fourth-order valence-corrected chi connectivity index (χ4v) is 6.05. The molecule has 1 aliphatic heterocycles. The van der Waals surface area contributed by atoms with Crippen molar-refractivity contribution >= 4 is 34.4 Å². The highest BCUT2D eigenvalue weighted by Crippen LogP contribution is 2.41. The number of nitrogens with zero attached hydrogens (tertiary/aromatic N) is 1. The summed E-state index contributed by atoms with van der Waals surface area (Å²) in [6.07, 6.45) is 1.89. The van der Waals surface area contributed by atoms with E-state index in [1.54, 1.807) is 0 Å². The lowest BCUT2D eigenvalue weighted by Crippen LogP contribution is -2.35. The van der Waals surface area contributed by atoms with Gasteiger partial charge < -0.3 is 5.32 Å². The number of rotatable bonds is 3. The predicted molar refractivity (Wildman–Crippen MR) is 96.3 cm³/mol. The normalized spacial score (nSPS) is 27.7. The number of hydrogen-bond donors (Lipinski definition) is 1. The van der Waals surface area contributed by atoms with E-state index in [1.165, 1.54) is 16.7 Å². The monoisotopic (exact) mass is 318 g/mol.